The number of benzene rings is 1. The van der Waals surface area contributed by atoms with Gasteiger partial charge in [0.2, 0.25) is 0 Å². The molecule has 1 heterocycles. The molecule has 0 aliphatic rings. The third-order valence-electron chi connectivity index (χ3n) is 2.49. The van der Waals surface area contributed by atoms with Crippen LogP contribution in [0.3, 0.4) is 0 Å². The second-order valence-corrected chi connectivity index (χ2v) is 3.82. The predicted octanol–water partition coefficient (Wildman–Crippen LogP) is 2.54. The topological polar surface area (TPSA) is 59.1 Å². The minimum absolute atomic E-state index is 0.0175. The maximum Gasteiger partial charge on any atom is 0.255 e. The van der Waals surface area contributed by atoms with E-state index in [1.165, 1.54) is 6.92 Å². The quantitative estimate of drug-likeness (QED) is 0.839. The highest BCUT2D eigenvalue weighted by atomic mass is 16.1. The van der Waals surface area contributed by atoms with Crippen LogP contribution in [-0.2, 0) is 0 Å². The van der Waals surface area contributed by atoms with Crippen molar-refractivity contribution in [3.05, 3.63) is 59.9 Å². The molecule has 0 bridgehead atoms. The molecule has 4 nitrogen and oxygen atoms in total. The van der Waals surface area contributed by atoms with Crippen LogP contribution in [-0.4, -0.2) is 16.7 Å². The lowest BCUT2D eigenvalue weighted by molar-refractivity contribution is 0.101. The number of carbonyl (C=O) groups excluding carboxylic acids is 2. The van der Waals surface area contributed by atoms with Gasteiger partial charge in [0.25, 0.3) is 5.91 Å². The molecule has 4 heteroatoms. The Morgan fingerprint density at radius 3 is 2.06 bits per heavy atom. The number of Topliss-reactive ketones (excluding diaryl/α,β-unsaturated/α-hetero) is 1. The molecule has 0 spiro atoms. The molecule has 0 radical (unpaired) electrons. The molecule has 90 valence electrons. The first-order valence-corrected chi connectivity index (χ1v) is 5.49. The van der Waals surface area contributed by atoms with Crippen LogP contribution < -0.4 is 5.32 Å². The van der Waals surface area contributed by atoms with Gasteiger partial charge in [0, 0.05) is 29.2 Å². The van der Waals surface area contributed by atoms with E-state index in [9.17, 15) is 9.59 Å². The Morgan fingerprint density at radius 2 is 1.50 bits per heavy atom. The number of rotatable bonds is 3. The van der Waals surface area contributed by atoms with Crippen molar-refractivity contribution in [3.63, 3.8) is 0 Å². The molecule has 2 rings (SSSR count). The monoisotopic (exact) mass is 240 g/mol. The second-order valence-electron chi connectivity index (χ2n) is 3.82. The number of nitrogens with zero attached hydrogens (tertiary/aromatic N) is 1. The van der Waals surface area contributed by atoms with Crippen molar-refractivity contribution < 1.29 is 9.59 Å². The first-order valence-electron chi connectivity index (χ1n) is 5.49. The van der Waals surface area contributed by atoms with Gasteiger partial charge in [-0.05, 0) is 31.2 Å². The molecule has 0 saturated heterocycles. The van der Waals surface area contributed by atoms with Crippen molar-refractivity contribution in [1.82, 2.24) is 4.98 Å². The number of pyridine rings is 1. The SMILES string of the molecule is CC(=O)c1ccc(C(=O)Nc2ccncc2)cc1. The lowest BCUT2D eigenvalue weighted by Crippen LogP contribution is -2.11. The standard InChI is InChI=1S/C14H12N2O2/c1-10(17)11-2-4-12(5-3-11)14(18)16-13-6-8-15-9-7-13/h2-9H,1H3,(H,15,16,18). The number of nitrogens with one attached hydrogen (secondary N) is 1. The molecule has 0 atom stereocenters. The Balaban J connectivity index is 2.12. The Kier molecular flexibility index (Phi) is 3.48. The van der Waals surface area contributed by atoms with Crippen LogP contribution in [0, 0.1) is 0 Å². The molecular formula is C14H12N2O2. The number of hydrogen-bond acceptors (Lipinski definition) is 3. The number of carbonyl (C=O) groups is 2. The first kappa shape index (κ1) is 12.0. The second kappa shape index (κ2) is 5.23. The van der Waals surface area contributed by atoms with Crippen LogP contribution in [0.25, 0.3) is 0 Å². The molecule has 0 unspecified atom stereocenters. The maximum absolute atomic E-state index is 11.9. The van der Waals surface area contributed by atoms with Gasteiger partial charge in [0.1, 0.15) is 0 Å². The van der Waals surface area contributed by atoms with E-state index in [0.29, 0.717) is 16.8 Å². The summed E-state index contributed by atoms with van der Waals surface area (Å²) in [6.07, 6.45) is 3.21. The molecule has 1 N–H and O–H groups in total. The van der Waals surface area contributed by atoms with Crippen LogP contribution in [0.15, 0.2) is 48.8 Å². The fraction of sp³-hybridized carbons (Fsp3) is 0.0714. The van der Waals surface area contributed by atoms with Crippen molar-refractivity contribution in [3.8, 4) is 0 Å². The van der Waals surface area contributed by atoms with Crippen molar-refractivity contribution in [2.45, 2.75) is 6.92 Å². The van der Waals surface area contributed by atoms with Gasteiger partial charge in [-0.25, -0.2) is 0 Å². The summed E-state index contributed by atoms with van der Waals surface area (Å²) in [7, 11) is 0. The summed E-state index contributed by atoms with van der Waals surface area (Å²) in [6.45, 7) is 1.49. The van der Waals surface area contributed by atoms with Gasteiger partial charge >= 0.3 is 0 Å². The minimum atomic E-state index is -0.212. The molecule has 18 heavy (non-hydrogen) atoms. The zero-order chi connectivity index (χ0) is 13.0. The lowest BCUT2D eigenvalue weighted by Gasteiger charge is -2.05. The van der Waals surface area contributed by atoms with Crippen LogP contribution in [0.5, 0.6) is 0 Å². The predicted molar refractivity (Wildman–Crippen MR) is 68.6 cm³/mol. The Hall–Kier alpha value is -2.49. The fourth-order valence-corrected chi connectivity index (χ4v) is 1.49. The summed E-state index contributed by atoms with van der Waals surface area (Å²) < 4.78 is 0. The average Bonchev–Trinajstić information content (AvgIpc) is 2.40. The molecule has 1 aromatic heterocycles. The van der Waals surface area contributed by atoms with E-state index in [2.05, 4.69) is 10.3 Å². The number of ketones is 1. The van der Waals surface area contributed by atoms with Gasteiger partial charge < -0.3 is 5.32 Å². The Labute approximate surface area is 105 Å². The summed E-state index contributed by atoms with van der Waals surface area (Å²) >= 11 is 0. The molecular weight excluding hydrogens is 228 g/mol. The van der Waals surface area contributed by atoms with Crippen molar-refractivity contribution in [1.29, 1.82) is 0 Å². The van der Waals surface area contributed by atoms with E-state index >= 15 is 0 Å². The molecule has 1 amide bonds. The summed E-state index contributed by atoms with van der Waals surface area (Å²) in [5.74, 6) is -0.229. The van der Waals surface area contributed by atoms with Crippen LogP contribution in [0.4, 0.5) is 5.69 Å². The fourth-order valence-electron chi connectivity index (χ4n) is 1.49. The number of amides is 1. The summed E-state index contributed by atoms with van der Waals surface area (Å²) in [4.78, 5) is 26.9. The van der Waals surface area contributed by atoms with Crippen molar-refractivity contribution in [2.75, 3.05) is 5.32 Å². The summed E-state index contributed by atoms with van der Waals surface area (Å²) in [5, 5.41) is 2.74. The lowest BCUT2D eigenvalue weighted by atomic mass is 10.1. The molecule has 0 aliphatic carbocycles. The van der Waals surface area contributed by atoms with Crippen molar-refractivity contribution >= 4 is 17.4 Å². The van der Waals surface area contributed by atoms with E-state index in [-0.39, 0.29) is 11.7 Å². The van der Waals surface area contributed by atoms with E-state index in [4.69, 9.17) is 0 Å². The summed E-state index contributed by atoms with van der Waals surface area (Å²) in [6, 6.07) is 9.97. The average molecular weight is 240 g/mol. The highest BCUT2D eigenvalue weighted by Gasteiger charge is 2.06. The smallest absolute Gasteiger partial charge is 0.255 e. The van der Waals surface area contributed by atoms with Gasteiger partial charge in [-0.3, -0.25) is 14.6 Å². The maximum atomic E-state index is 11.9. The third-order valence-corrected chi connectivity index (χ3v) is 2.49. The molecule has 2 aromatic rings. The molecule has 0 aliphatic heterocycles. The zero-order valence-corrected chi connectivity index (χ0v) is 9.88. The Bertz CT molecular complexity index is 562. The normalized spacial score (nSPS) is 9.83. The highest BCUT2D eigenvalue weighted by molar-refractivity contribution is 6.05. The summed E-state index contributed by atoms with van der Waals surface area (Å²) in [5.41, 5.74) is 1.79. The van der Waals surface area contributed by atoms with Gasteiger partial charge in [-0.2, -0.15) is 0 Å². The van der Waals surface area contributed by atoms with E-state index in [1.807, 2.05) is 0 Å². The third kappa shape index (κ3) is 2.79. The number of aromatic nitrogens is 1. The first-order chi connectivity index (χ1) is 8.66. The van der Waals surface area contributed by atoms with Crippen LogP contribution in [0.2, 0.25) is 0 Å². The highest BCUT2D eigenvalue weighted by Crippen LogP contribution is 2.09. The van der Waals surface area contributed by atoms with Crippen LogP contribution in [0.1, 0.15) is 27.6 Å². The van der Waals surface area contributed by atoms with Crippen molar-refractivity contribution in [2.24, 2.45) is 0 Å². The van der Waals surface area contributed by atoms with E-state index in [1.54, 1.807) is 48.8 Å². The van der Waals surface area contributed by atoms with E-state index in [0.717, 1.165) is 0 Å². The van der Waals surface area contributed by atoms with E-state index < -0.39 is 0 Å². The molecule has 0 saturated carbocycles. The van der Waals surface area contributed by atoms with Gasteiger partial charge in [-0.15, -0.1) is 0 Å². The zero-order valence-electron chi connectivity index (χ0n) is 9.88. The minimum Gasteiger partial charge on any atom is -0.322 e. The van der Waals surface area contributed by atoms with Gasteiger partial charge in [-0.1, -0.05) is 12.1 Å². The van der Waals surface area contributed by atoms with Crippen LogP contribution >= 0.6 is 0 Å². The molecule has 1 aromatic carbocycles. The Morgan fingerprint density at radius 1 is 0.944 bits per heavy atom. The number of anilines is 1. The largest absolute Gasteiger partial charge is 0.322 e. The van der Waals surface area contributed by atoms with Gasteiger partial charge in [0.05, 0.1) is 0 Å². The van der Waals surface area contributed by atoms with Gasteiger partial charge in [0.15, 0.2) is 5.78 Å². The molecule has 0 fully saturated rings. The number of hydrogen-bond donors (Lipinski definition) is 1.